The van der Waals surface area contributed by atoms with E-state index in [0.717, 1.165) is 5.56 Å². The summed E-state index contributed by atoms with van der Waals surface area (Å²) in [6.45, 7) is 5.66. The standard InChI is InChI=1S/C18H23FN4O2/c1-18(2,3)20-16(24)11-22(4)17(25)12-23-10-9-15(21-23)13-5-7-14(19)8-6-13/h5-10H,11-12H2,1-4H3,(H,20,24). The molecule has 2 rings (SSSR count). The van der Waals surface area contributed by atoms with E-state index in [4.69, 9.17) is 0 Å². The molecule has 0 spiro atoms. The zero-order chi connectivity index (χ0) is 18.6. The number of nitrogens with one attached hydrogen (secondary N) is 1. The monoisotopic (exact) mass is 346 g/mol. The van der Waals surface area contributed by atoms with E-state index in [-0.39, 0.29) is 36.3 Å². The fraction of sp³-hybridized carbons (Fsp3) is 0.389. The summed E-state index contributed by atoms with van der Waals surface area (Å²) in [6.07, 6.45) is 1.68. The second-order valence-electron chi connectivity index (χ2n) is 6.95. The molecule has 1 aromatic heterocycles. The molecule has 0 atom stereocenters. The number of benzene rings is 1. The van der Waals surface area contributed by atoms with Crippen molar-refractivity contribution in [2.45, 2.75) is 32.9 Å². The molecule has 2 aromatic rings. The summed E-state index contributed by atoms with van der Waals surface area (Å²) in [5.74, 6) is -0.748. The molecule has 0 aliphatic carbocycles. The number of likely N-dealkylation sites (N-methyl/N-ethyl adjacent to an activating group) is 1. The molecular formula is C18H23FN4O2. The Morgan fingerprint density at radius 1 is 1.20 bits per heavy atom. The molecule has 0 saturated heterocycles. The van der Waals surface area contributed by atoms with Crippen LogP contribution in [-0.2, 0) is 16.1 Å². The highest BCUT2D eigenvalue weighted by molar-refractivity contribution is 5.84. The summed E-state index contributed by atoms with van der Waals surface area (Å²) >= 11 is 0. The third-order valence-electron chi connectivity index (χ3n) is 3.40. The Kier molecular flexibility index (Phi) is 5.56. The van der Waals surface area contributed by atoms with Crippen LogP contribution in [0.1, 0.15) is 20.8 Å². The van der Waals surface area contributed by atoms with Gasteiger partial charge in [0.1, 0.15) is 12.4 Å². The van der Waals surface area contributed by atoms with Gasteiger partial charge in [0.25, 0.3) is 0 Å². The van der Waals surface area contributed by atoms with Crippen molar-refractivity contribution in [1.82, 2.24) is 20.0 Å². The molecule has 134 valence electrons. The van der Waals surface area contributed by atoms with Crippen LogP contribution in [0.15, 0.2) is 36.5 Å². The molecule has 2 amide bonds. The Bertz CT molecular complexity index is 747. The fourth-order valence-corrected chi connectivity index (χ4v) is 2.25. The molecule has 0 radical (unpaired) electrons. The van der Waals surface area contributed by atoms with E-state index in [1.54, 1.807) is 31.4 Å². The van der Waals surface area contributed by atoms with Crippen LogP contribution in [0.4, 0.5) is 4.39 Å². The maximum absolute atomic E-state index is 13.0. The Morgan fingerprint density at radius 2 is 1.84 bits per heavy atom. The fourth-order valence-electron chi connectivity index (χ4n) is 2.25. The Hall–Kier alpha value is -2.70. The number of amides is 2. The average molecular weight is 346 g/mol. The lowest BCUT2D eigenvalue weighted by atomic mass is 10.1. The van der Waals surface area contributed by atoms with Gasteiger partial charge in [0.05, 0.1) is 12.2 Å². The first-order valence-corrected chi connectivity index (χ1v) is 7.98. The maximum atomic E-state index is 13.0. The molecule has 25 heavy (non-hydrogen) atoms. The minimum Gasteiger partial charge on any atom is -0.350 e. The summed E-state index contributed by atoms with van der Waals surface area (Å²) in [6, 6.07) is 7.74. The number of carbonyl (C=O) groups is 2. The van der Waals surface area contributed by atoms with Gasteiger partial charge in [-0.25, -0.2) is 4.39 Å². The molecular weight excluding hydrogens is 323 g/mol. The topological polar surface area (TPSA) is 67.2 Å². The number of rotatable bonds is 5. The molecule has 1 N–H and O–H groups in total. The van der Waals surface area contributed by atoms with Crippen molar-refractivity contribution in [3.8, 4) is 11.3 Å². The zero-order valence-electron chi connectivity index (χ0n) is 14.9. The number of halogens is 1. The van der Waals surface area contributed by atoms with Gasteiger partial charge in [-0.2, -0.15) is 5.10 Å². The third kappa shape index (κ3) is 5.70. The van der Waals surface area contributed by atoms with Gasteiger partial charge >= 0.3 is 0 Å². The van der Waals surface area contributed by atoms with Crippen molar-refractivity contribution in [3.05, 3.63) is 42.3 Å². The lowest BCUT2D eigenvalue weighted by Crippen LogP contribution is -2.46. The first-order chi connectivity index (χ1) is 11.6. The third-order valence-corrected chi connectivity index (χ3v) is 3.40. The predicted octanol–water partition coefficient (Wildman–Crippen LogP) is 2.06. The van der Waals surface area contributed by atoms with Gasteiger partial charge in [-0.05, 0) is 51.1 Å². The van der Waals surface area contributed by atoms with Crippen LogP contribution >= 0.6 is 0 Å². The second kappa shape index (κ2) is 7.46. The second-order valence-corrected chi connectivity index (χ2v) is 6.95. The number of hydrogen-bond acceptors (Lipinski definition) is 3. The number of nitrogens with zero attached hydrogens (tertiary/aromatic N) is 3. The summed E-state index contributed by atoms with van der Waals surface area (Å²) in [7, 11) is 1.58. The van der Waals surface area contributed by atoms with E-state index >= 15 is 0 Å². The van der Waals surface area contributed by atoms with Crippen molar-refractivity contribution in [2.24, 2.45) is 0 Å². The Labute approximate surface area is 146 Å². The van der Waals surface area contributed by atoms with Crippen LogP contribution < -0.4 is 5.32 Å². The molecule has 1 heterocycles. The molecule has 7 heteroatoms. The Balaban J connectivity index is 1.94. The minimum absolute atomic E-state index is 0.0117. The van der Waals surface area contributed by atoms with Gasteiger partial charge in [0.15, 0.2) is 0 Å². The van der Waals surface area contributed by atoms with Crippen molar-refractivity contribution >= 4 is 11.8 Å². The van der Waals surface area contributed by atoms with Gasteiger partial charge < -0.3 is 10.2 Å². The quantitative estimate of drug-likeness (QED) is 0.901. The van der Waals surface area contributed by atoms with E-state index in [1.165, 1.54) is 21.7 Å². The van der Waals surface area contributed by atoms with Crippen molar-refractivity contribution < 1.29 is 14.0 Å². The van der Waals surface area contributed by atoms with Crippen LogP contribution in [0.2, 0.25) is 0 Å². The molecule has 0 aliphatic rings. The van der Waals surface area contributed by atoms with Crippen LogP contribution in [0.25, 0.3) is 11.3 Å². The number of hydrogen-bond donors (Lipinski definition) is 1. The molecule has 6 nitrogen and oxygen atoms in total. The van der Waals surface area contributed by atoms with Crippen molar-refractivity contribution in [3.63, 3.8) is 0 Å². The molecule has 0 fully saturated rings. The average Bonchev–Trinajstić information content (AvgIpc) is 2.94. The number of carbonyl (C=O) groups excluding carboxylic acids is 2. The van der Waals surface area contributed by atoms with E-state index in [2.05, 4.69) is 10.4 Å². The SMILES string of the molecule is CN(CC(=O)NC(C)(C)C)C(=O)Cn1ccc(-c2ccc(F)cc2)n1. The largest absolute Gasteiger partial charge is 0.350 e. The van der Waals surface area contributed by atoms with E-state index in [0.29, 0.717) is 5.69 Å². The molecule has 0 bridgehead atoms. The minimum atomic E-state index is -0.340. The maximum Gasteiger partial charge on any atom is 0.244 e. The normalized spacial score (nSPS) is 11.2. The van der Waals surface area contributed by atoms with E-state index in [1.807, 2.05) is 20.8 Å². The number of aromatic nitrogens is 2. The smallest absolute Gasteiger partial charge is 0.244 e. The first kappa shape index (κ1) is 18.6. The summed E-state index contributed by atoms with van der Waals surface area (Å²) in [5.41, 5.74) is 1.08. The zero-order valence-corrected chi connectivity index (χ0v) is 14.9. The van der Waals surface area contributed by atoms with Crippen molar-refractivity contribution in [1.29, 1.82) is 0 Å². The van der Waals surface area contributed by atoms with Crippen molar-refractivity contribution in [2.75, 3.05) is 13.6 Å². The summed E-state index contributed by atoms with van der Waals surface area (Å²) in [4.78, 5) is 25.5. The van der Waals surface area contributed by atoms with Gasteiger partial charge in [0.2, 0.25) is 11.8 Å². The van der Waals surface area contributed by atoms with Crippen LogP contribution in [0, 0.1) is 5.82 Å². The van der Waals surface area contributed by atoms with Gasteiger partial charge in [-0.1, -0.05) is 0 Å². The first-order valence-electron chi connectivity index (χ1n) is 7.98. The van der Waals surface area contributed by atoms with Gasteiger partial charge in [0, 0.05) is 24.3 Å². The van der Waals surface area contributed by atoms with Crippen LogP contribution in [-0.4, -0.2) is 45.6 Å². The van der Waals surface area contributed by atoms with E-state index < -0.39 is 0 Å². The van der Waals surface area contributed by atoms with E-state index in [9.17, 15) is 14.0 Å². The lowest BCUT2D eigenvalue weighted by Gasteiger charge is -2.23. The molecule has 0 saturated carbocycles. The highest BCUT2D eigenvalue weighted by Crippen LogP contribution is 2.17. The van der Waals surface area contributed by atoms with Gasteiger partial charge in [-0.3, -0.25) is 14.3 Å². The summed E-state index contributed by atoms with van der Waals surface area (Å²) in [5, 5.41) is 7.13. The molecule has 0 unspecified atom stereocenters. The Morgan fingerprint density at radius 3 is 2.44 bits per heavy atom. The predicted molar refractivity (Wildman–Crippen MR) is 93.2 cm³/mol. The molecule has 0 aliphatic heterocycles. The highest BCUT2D eigenvalue weighted by Gasteiger charge is 2.18. The van der Waals surface area contributed by atoms with Crippen LogP contribution in [0.5, 0.6) is 0 Å². The lowest BCUT2D eigenvalue weighted by molar-refractivity contribution is -0.135. The highest BCUT2D eigenvalue weighted by atomic mass is 19.1. The summed E-state index contributed by atoms with van der Waals surface area (Å²) < 4.78 is 14.5. The molecule has 1 aromatic carbocycles. The van der Waals surface area contributed by atoms with Gasteiger partial charge in [-0.15, -0.1) is 0 Å². The van der Waals surface area contributed by atoms with Crippen LogP contribution in [0.3, 0.4) is 0 Å².